The molecule has 0 aliphatic heterocycles. The van der Waals surface area contributed by atoms with E-state index in [1.54, 1.807) is 6.07 Å². The zero-order chi connectivity index (χ0) is 11.8. The van der Waals surface area contributed by atoms with Gasteiger partial charge in [-0.25, -0.2) is 4.68 Å². The van der Waals surface area contributed by atoms with E-state index in [2.05, 4.69) is 5.10 Å². The van der Waals surface area contributed by atoms with E-state index in [9.17, 15) is 5.11 Å². The SMILES string of the molecule is Cc1cc(-n2ncc3c2CCCC3)ccc1O. The summed E-state index contributed by atoms with van der Waals surface area (Å²) in [5.74, 6) is 0.342. The van der Waals surface area contributed by atoms with Crippen molar-refractivity contribution in [2.45, 2.75) is 32.6 Å². The van der Waals surface area contributed by atoms with Crippen LogP contribution in [-0.2, 0) is 12.8 Å². The summed E-state index contributed by atoms with van der Waals surface area (Å²) in [5, 5.41) is 14.0. The molecule has 0 bridgehead atoms. The predicted molar refractivity (Wildman–Crippen MR) is 66.6 cm³/mol. The van der Waals surface area contributed by atoms with Gasteiger partial charge in [0.1, 0.15) is 5.75 Å². The molecule has 1 aliphatic rings. The second kappa shape index (κ2) is 3.91. The molecule has 1 heterocycles. The molecular weight excluding hydrogens is 212 g/mol. The molecule has 3 heteroatoms. The number of fused-ring (bicyclic) bond motifs is 1. The summed E-state index contributed by atoms with van der Waals surface area (Å²) in [6, 6.07) is 5.64. The Morgan fingerprint density at radius 3 is 2.88 bits per heavy atom. The van der Waals surface area contributed by atoms with Crippen LogP contribution in [0.5, 0.6) is 5.75 Å². The minimum absolute atomic E-state index is 0.342. The number of nitrogens with zero attached hydrogens (tertiary/aromatic N) is 2. The lowest BCUT2D eigenvalue weighted by Crippen LogP contribution is -2.07. The summed E-state index contributed by atoms with van der Waals surface area (Å²) in [4.78, 5) is 0. The van der Waals surface area contributed by atoms with Crippen molar-refractivity contribution in [2.24, 2.45) is 0 Å². The Hall–Kier alpha value is -1.77. The maximum atomic E-state index is 9.55. The highest BCUT2D eigenvalue weighted by Crippen LogP contribution is 2.25. The molecule has 1 aromatic carbocycles. The first-order valence-corrected chi connectivity index (χ1v) is 6.11. The lowest BCUT2D eigenvalue weighted by molar-refractivity contribution is 0.471. The van der Waals surface area contributed by atoms with Gasteiger partial charge in [0.05, 0.1) is 11.9 Å². The molecule has 2 aromatic rings. The van der Waals surface area contributed by atoms with Gasteiger partial charge in [0.25, 0.3) is 0 Å². The van der Waals surface area contributed by atoms with Gasteiger partial charge in [-0.05, 0) is 61.9 Å². The lowest BCUT2D eigenvalue weighted by atomic mass is 9.98. The van der Waals surface area contributed by atoms with Gasteiger partial charge in [0.2, 0.25) is 0 Å². The Labute approximate surface area is 101 Å². The number of aromatic nitrogens is 2. The summed E-state index contributed by atoms with van der Waals surface area (Å²) in [6.07, 6.45) is 6.75. The first-order valence-electron chi connectivity index (χ1n) is 6.11. The zero-order valence-electron chi connectivity index (χ0n) is 9.98. The van der Waals surface area contributed by atoms with Crippen molar-refractivity contribution in [3.8, 4) is 11.4 Å². The molecule has 0 radical (unpaired) electrons. The second-order valence-electron chi connectivity index (χ2n) is 4.71. The largest absolute Gasteiger partial charge is 0.508 e. The van der Waals surface area contributed by atoms with Crippen molar-refractivity contribution in [3.63, 3.8) is 0 Å². The van der Waals surface area contributed by atoms with Gasteiger partial charge >= 0.3 is 0 Å². The number of aryl methyl sites for hydroxylation is 2. The van der Waals surface area contributed by atoms with Crippen molar-refractivity contribution >= 4 is 0 Å². The highest BCUT2D eigenvalue weighted by atomic mass is 16.3. The Bertz CT molecular complexity index is 557. The van der Waals surface area contributed by atoms with E-state index in [-0.39, 0.29) is 0 Å². The smallest absolute Gasteiger partial charge is 0.118 e. The van der Waals surface area contributed by atoms with Crippen LogP contribution in [0.1, 0.15) is 29.7 Å². The number of phenols is 1. The molecular formula is C14H16N2O. The molecule has 17 heavy (non-hydrogen) atoms. The third kappa shape index (κ3) is 1.71. The van der Waals surface area contributed by atoms with Crippen LogP contribution in [0.4, 0.5) is 0 Å². The van der Waals surface area contributed by atoms with E-state index in [1.807, 2.05) is 29.9 Å². The second-order valence-corrected chi connectivity index (χ2v) is 4.71. The summed E-state index contributed by atoms with van der Waals surface area (Å²) >= 11 is 0. The Kier molecular flexibility index (Phi) is 2.39. The molecule has 0 atom stereocenters. The van der Waals surface area contributed by atoms with Crippen molar-refractivity contribution in [2.75, 3.05) is 0 Å². The van der Waals surface area contributed by atoms with E-state index < -0.39 is 0 Å². The summed E-state index contributed by atoms with van der Waals surface area (Å²) < 4.78 is 2.01. The quantitative estimate of drug-likeness (QED) is 0.815. The van der Waals surface area contributed by atoms with Gasteiger partial charge in [0, 0.05) is 5.69 Å². The average molecular weight is 228 g/mol. The number of aromatic hydroxyl groups is 1. The molecule has 0 spiro atoms. The van der Waals surface area contributed by atoms with E-state index >= 15 is 0 Å². The van der Waals surface area contributed by atoms with Crippen LogP contribution in [-0.4, -0.2) is 14.9 Å². The molecule has 0 fully saturated rings. The number of benzene rings is 1. The van der Waals surface area contributed by atoms with Crippen LogP contribution >= 0.6 is 0 Å². The molecule has 0 saturated heterocycles. The van der Waals surface area contributed by atoms with Crippen molar-refractivity contribution in [1.82, 2.24) is 9.78 Å². The first-order chi connectivity index (χ1) is 8.25. The van der Waals surface area contributed by atoms with Gasteiger partial charge in [-0.2, -0.15) is 5.10 Å². The molecule has 1 aromatic heterocycles. The Morgan fingerprint density at radius 1 is 1.24 bits per heavy atom. The topological polar surface area (TPSA) is 38.0 Å². The Balaban J connectivity index is 2.09. The summed E-state index contributed by atoms with van der Waals surface area (Å²) in [6.45, 7) is 1.91. The number of hydrogen-bond donors (Lipinski definition) is 1. The van der Waals surface area contributed by atoms with E-state index in [1.165, 1.54) is 24.1 Å². The van der Waals surface area contributed by atoms with Crippen LogP contribution in [0.25, 0.3) is 5.69 Å². The van der Waals surface area contributed by atoms with Crippen LogP contribution in [0, 0.1) is 6.92 Å². The van der Waals surface area contributed by atoms with Crippen LogP contribution < -0.4 is 0 Å². The third-order valence-corrected chi connectivity index (χ3v) is 3.49. The van der Waals surface area contributed by atoms with Gasteiger partial charge in [-0.15, -0.1) is 0 Å². The molecule has 1 N–H and O–H groups in total. The molecule has 1 aliphatic carbocycles. The number of rotatable bonds is 1. The highest BCUT2D eigenvalue weighted by Gasteiger charge is 2.16. The first kappa shape index (κ1) is 10.4. The summed E-state index contributed by atoms with van der Waals surface area (Å²) in [7, 11) is 0. The van der Waals surface area contributed by atoms with Crippen LogP contribution in [0.3, 0.4) is 0 Å². The zero-order valence-corrected chi connectivity index (χ0v) is 9.98. The molecule has 88 valence electrons. The fraction of sp³-hybridized carbons (Fsp3) is 0.357. The average Bonchev–Trinajstić information content (AvgIpc) is 2.76. The minimum atomic E-state index is 0.342. The lowest BCUT2D eigenvalue weighted by Gasteiger charge is -2.14. The van der Waals surface area contributed by atoms with Gasteiger partial charge in [0.15, 0.2) is 0 Å². The van der Waals surface area contributed by atoms with Crippen LogP contribution in [0.2, 0.25) is 0 Å². The number of hydrogen-bond acceptors (Lipinski definition) is 2. The van der Waals surface area contributed by atoms with Crippen LogP contribution in [0.15, 0.2) is 24.4 Å². The molecule has 0 amide bonds. The fourth-order valence-electron chi connectivity index (χ4n) is 2.48. The monoisotopic (exact) mass is 228 g/mol. The minimum Gasteiger partial charge on any atom is -0.508 e. The Morgan fingerprint density at radius 2 is 2.06 bits per heavy atom. The summed E-state index contributed by atoms with van der Waals surface area (Å²) in [5.41, 5.74) is 4.65. The fourth-order valence-corrected chi connectivity index (χ4v) is 2.48. The molecule has 0 unspecified atom stereocenters. The normalized spacial score (nSPS) is 14.6. The highest BCUT2D eigenvalue weighted by molar-refractivity contribution is 5.44. The van der Waals surface area contributed by atoms with E-state index in [0.717, 1.165) is 24.1 Å². The molecule has 3 nitrogen and oxygen atoms in total. The standard InChI is InChI=1S/C14H16N2O/c1-10-8-12(6-7-14(10)17)16-13-5-3-2-4-11(13)9-15-16/h6-9,17H,2-5H2,1H3. The van der Waals surface area contributed by atoms with Crippen molar-refractivity contribution in [3.05, 3.63) is 41.2 Å². The molecule has 0 saturated carbocycles. The number of phenolic OH excluding ortho intramolecular Hbond substituents is 1. The third-order valence-electron chi connectivity index (χ3n) is 3.49. The maximum absolute atomic E-state index is 9.55. The van der Waals surface area contributed by atoms with Gasteiger partial charge < -0.3 is 5.11 Å². The van der Waals surface area contributed by atoms with Crippen molar-refractivity contribution < 1.29 is 5.11 Å². The van der Waals surface area contributed by atoms with Gasteiger partial charge in [-0.3, -0.25) is 0 Å². The van der Waals surface area contributed by atoms with Crippen molar-refractivity contribution in [1.29, 1.82) is 0 Å². The maximum Gasteiger partial charge on any atom is 0.118 e. The van der Waals surface area contributed by atoms with E-state index in [0.29, 0.717) is 5.75 Å². The van der Waals surface area contributed by atoms with E-state index in [4.69, 9.17) is 0 Å². The predicted octanol–water partition coefficient (Wildman–Crippen LogP) is 2.77. The molecule has 3 rings (SSSR count). The van der Waals surface area contributed by atoms with Gasteiger partial charge in [-0.1, -0.05) is 0 Å².